The van der Waals surface area contributed by atoms with Gasteiger partial charge in [0.05, 0.1) is 4.90 Å². The first-order valence-corrected chi connectivity index (χ1v) is 8.80. The number of anilines is 1. The molecule has 1 N–H and O–H groups in total. The van der Waals surface area contributed by atoms with Gasteiger partial charge < -0.3 is 4.90 Å². The molecule has 1 aliphatic rings. The van der Waals surface area contributed by atoms with Crippen molar-refractivity contribution < 1.29 is 13.2 Å². The van der Waals surface area contributed by atoms with Crippen LogP contribution in [-0.2, 0) is 21.2 Å². The van der Waals surface area contributed by atoms with Crippen LogP contribution in [-0.4, -0.2) is 26.9 Å². The molecule has 0 saturated carbocycles. The van der Waals surface area contributed by atoms with E-state index in [2.05, 4.69) is 4.72 Å². The molecule has 2 rings (SSSR count). The molecule has 0 aromatic heterocycles. The van der Waals surface area contributed by atoms with Gasteiger partial charge in [-0.1, -0.05) is 13.8 Å². The standard InChI is InChI=1S/C15H22N2O3S/c1-4-13(5-2)16-21(19,20)14-6-7-15-12(10-14)8-9-17(15)11(3)18/h6-7,10,13,16H,4-5,8-9H2,1-3H3. The van der Waals surface area contributed by atoms with E-state index in [4.69, 9.17) is 0 Å². The quantitative estimate of drug-likeness (QED) is 0.905. The minimum absolute atomic E-state index is 0.0143. The van der Waals surface area contributed by atoms with Crippen LogP contribution in [0.25, 0.3) is 0 Å². The predicted octanol–water partition coefficient (Wildman–Crippen LogP) is 2.06. The third kappa shape index (κ3) is 3.27. The van der Waals surface area contributed by atoms with Gasteiger partial charge in [-0.2, -0.15) is 0 Å². The van der Waals surface area contributed by atoms with Gasteiger partial charge >= 0.3 is 0 Å². The van der Waals surface area contributed by atoms with E-state index in [1.54, 1.807) is 23.1 Å². The van der Waals surface area contributed by atoms with Gasteiger partial charge in [0.2, 0.25) is 15.9 Å². The average molecular weight is 310 g/mol. The van der Waals surface area contributed by atoms with Crippen molar-refractivity contribution in [3.63, 3.8) is 0 Å². The first-order valence-electron chi connectivity index (χ1n) is 7.32. The lowest BCUT2D eigenvalue weighted by molar-refractivity contribution is -0.116. The minimum atomic E-state index is -3.50. The molecule has 0 radical (unpaired) electrons. The van der Waals surface area contributed by atoms with Crippen LogP contribution in [0, 0.1) is 0 Å². The molecule has 5 nitrogen and oxygen atoms in total. The van der Waals surface area contributed by atoms with Gasteiger partial charge in [-0.25, -0.2) is 13.1 Å². The summed E-state index contributed by atoms with van der Waals surface area (Å²) >= 11 is 0. The van der Waals surface area contributed by atoms with E-state index >= 15 is 0 Å². The Morgan fingerprint density at radius 1 is 1.33 bits per heavy atom. The molecule has 0 spiro atoms. The fraction of sp³-hybridized carbons (Fsp3) is 0.533. The highest BCUT2D eigenvalue weighted by molar-refractivity contribution is 7.89. The zero-order valence-corrected chi connectivity index (χ0v) is 13.5. The molecule has 1 aliphatic heterocycles. The molecule has 0 bridgehead atoms. The van der Waals surface area contributed by atoms with Crippen LogP contribution < -0.4 is 9.62 Å². The summed E-state index contributed by atoms with van der Waals surface area (Å²) in [5.41, 5.74) is 1.74. The highest BCUT2D eigenvalue weighted by Gasteiger charge is 2.25. The summed E-state index contributed by atoms with van der Waals surface area (Å²) in [6.45, 7) is 6.07. The summed E-state index contributed by atoms with van der Waals surface area (Å²) < 4.78 is 27.5. The van der Waals surface area contributed by atoms with Crippen molar-refractivity contribution in [3.8, 4) is 0 Å². The number of nitrogens with one attached hydrogen (secondary N) is 1. The van der Waals surface area contributed by atoms with Gasteiger partial charge in [-0.3, -0.25) is 4.79 Å². The van der Waals surface area contributed by atoms with Gasteiger partial charge in [-0.15, -0.1) is 0 Å². The second kappa shape index (κ2) is 6.15. The van der Waals surface area contributed by atoms with Crippen molar-refractivity contribution in [1.29, 1.82) is 0 Å². The molecule has 21 heavy (non-hydrogen) atoms. The molecular formula is C15H22N2O3S. The summed E-state index contributed by atoms with van der Waals surface area (Å²) in [4.78, 5) is 13.5. The monoisotopic (exact) mass is 310 g/mol. The van der Waals surface area contributed by atoms with Crippen LogP contribution in [0.5, 0.6) is 0 Å². The van der Waals surface area contributed by atoms with E-state index < -0.39 is 10.0 Å². The van der Waals surface area contributed by atoms with Gasteiger partial charge in [0.25, 0.3) is 0 Å². The summed E-state index contributed by atoms with van der Waals surface area (Å²) in [6, 6.07) is 4.94. The van der Waals surface area contributed by atoms with E-state index in [9.17, 15) is 13.2 Å². The maximum Gasteiger partial charge on any atom is 0.240 e. The Labute approximate surface area is 126 Å². The number of amides is 1. The third-order valence-corrected chi connectivity index (χ3v) is 5.46. The number of carbonyl (C=O) groups excluding carboxylic acids is 1. The van der Waals surface area contributed by atoms with Gasteiger partial charge in [0.1, 0.15) is 0 Å². The molecule has 6 heteroatoms. The number of carbonyl (C=O) groups is 1. The largest absolute Gasteiger partial charge is 0.312 e. The van der Waals surface area contributed by atoms with Crippen LogP contribution >= 0.6 is 0 Å². The Kier molecular flexibility index (Phi) is 4.68. The minimum Gasteiger partial charge on any atom is -0.312 e. The maximum atomic E-state index is 12.4. The van der Waals surface area contributed by atoms with Crippen molar-refractivity contribution in [2.45, 2.75) is 51.0 Å². The Morgan fingerprint density at radius 3 is 2.57 bits per heavy atom. The van der Waals surface area contributed by atoms with E-state index in [1.807, 2.05) is 13.8 Å². The molecule has 0 unspecified atom stereocenters. The van der Waals surface area contributed by atoms with Crippen LogP contribution in [0.2, 0.25) is 0 Å². The first kappa shape index (κ1) is 16.0. The Bertz CT molecular complexity index is 636. The molecule has 0 saturated heterocycles. The van der Waals surface area contributed by atoms with Crippen molar-refractivity contribution in [3.05, 3.63) is 23.8 Å². The lowest BCUT2D eigenvalue weighted by atomic mass is 10.2. The third-order valence-electron chi connectivity index (χ3n) is 3.94. The smallest absolute Gasteiger partial charge is 0.240 e. The predicted molar refractivity (Wildman–Crippen MR) is 82.9 cm³/mol. The Morgan fingerprint density at radius 2 is 2.00 bits per heavy atom. The van der Waals surface area contributed by atoms with Crippen LogP contribution in [0.3, 0.4) is 0 Å². The number of rotatable bonds is 5. The first-order chi connectivity index (χ1) is 9.89. The molecule has 1 heterocycles. The molecular weight excluding hydrogens is 288 g/mol. The lowest BCUT2D eigenvalue weighted by Crippen LogP contribution is -2.33. The highest BCUT2D eigenvalue weighted by atomic mass is 32.2. The van der Waals surface area contributed by atoms with Crippen LogP contribution in [0.4, 0.5) is 5.69 Å². The van der Waals surface area contributed by atoms with Crippen molar-refractivity contribution in [1.82, 2.24) is 4.72 Å². The molecule has 1 aromatic carbocycles. The molecule has 0 aliphatic carbocycles. The number of benzene rings is 1. The maximum absolute atomic E-state index is 12.4. The Hall–Kier alpha value is -1.40. The zero-order valence-electron chi connectivity index (χ0n) is 12.7. The van der Waals surface area contributed by atoms with Crippen LogP contribution in [0.1, 0.15) is 39.2 Å². The SMILES string of the molecule is CCC(CC)NS(=O)(=O)c1ccc2c(c1)CCN2C(C)=O. The fourth-order valence-electron chi connectivity index (χ4n) is 2.62. The highest BCUT2D eigenvalue weighted by Crippen LogP contribution is 2.30. The van der Waals surface area contributed by atoms with E-state index in [-0.39, 0.29) is 16.8 Å². The van der Waals surface area contributed by atoms with E-state index in [0.29, 0.717) is 13.0 Å². The normalized spacial score (nSPS) is 14.6. The summed E-state index contributed by atoms with van der Waals surface area (Å²) in [7, 11) is -3.50. The number of fused-ring (bicyclic) bond motifs is 1. The number of hydrogen-bond acceptors (Lipinski definition) is 3. The second-order valence-electron chi connectivity index (χ2n) is 5.35. The van der Waals surface area contributed by atoms with Crippen molar-refractivity contribution in [2.24, 2.45) is 0 Å². The number of sulfonamides is 1. The van der Waals surface area contributed by atoms with Crippen molar-refractivity contribution >= 4 is 21.6 Å². The fourth-order valence-corrected chi connectivity index (χ4v) is 4.07. The molecule has 1 amide bonds. The molecule has 116 valence electrons. The molecule has 1 aromatic rings. The van der Waals surface area contributed by atoms with Crippen LogP contribution in [0.15, 0.2) is 23.1 Å². The van der Waals surface area contributed by atoms with Crippen molar-refractivity contribution in [2.75, 3.05) is 11.4 Å². The molecule has 0 atom stereocenters. The van der Waals surface area contributed by atoms with Gasteiger partial charge in [0, 0.05) is 25.2 Å². The topological polar surface area (TPSA) is 66.5 Å². The van der Waals surface area contributed by atoms with Gasteiger partial charge in [-0.05, 0) is 43.0 Å². The lowest BCUT2D eigenvalue weighted by Gasteiger charge is -2.17. The average Bonchev–Trinajstić information content (AvgIpc) is 2.87. The van der Waals surface area contributed by atoms with E-state index in [0.717, 1.165) is 24.1 Å². The zero-order chi connectivity index (χ0) is 15.6. The summed E-state index contributed by atoms with van der Waals surface area (Å²) in [5.74, 6) is -0.0143. The number of hydrogen-bond donors (Lipinski definition) is 1. The Balaban J connectivity index is 2.29. The summed E-state index contributed by atoms with van der Waals surface area (Å²) in [5, 5.41) is 0. The van der Waals surface area contributed by atoms with E-state index in [1.165, 1.54) is 6.92 Å². The molecule has 0 fully saturated rings. The van der Waals surface area contributed by atoms with Gasteiger partial charge in [0.15, 0.2) is 0 Å². The summed E-state index contributed by atoms with van der Waals surface area (Å²) in [6.07, 6.45) is 2.22. The number of nitrogens with zero attached hydrogens (tertiary/aromatic N) is 1. The second-order valence-corrected chi connectivity index (χ2v) is 7.06.